The molecule has 0 radical (unpaired) electrons. The van der Waals surface area contributed by atoms with Gasteiger partial charge in [-0.2, -0.15) is 0 Å². The quantitative estimate of drug-likeness (QED) is 0.107. The minimum Gasteiger partial charge on any atom is -0.497 e. The van der Waals surface area contributed by atoms with Gasteiger partial charge in [0, 0.05) is 26.2 Å². The maximum Gasteiger partial charge on any atom is 0.338 e. The molecular formula is C51H76N4O13. The summed E-state index contributed by atoms with van der Waals surface area (Å²) in [6, 6.07) is 6.19. The van der Waals surface area contributed by atoms with Crippen LogP contribution in [0.5, 0.6) is 5.75 Å². The Hall–Kier alpha value is -3.52. The third kappa shape index (κ3) is 10.6. The summed E-state index contributed by atoms with van der Waals surface area (Å²) < 4.78 is 44.6. The van der Waals surface area contributed by atoms with E-state index in [1.807, 2.05) is 17.9 Å². The number of aliphatic hydroxyl groups excluding tert-OH is 4. The summed E-state index contributed by atoms with van der Waals surface area (Å²) in [5.41, 5.74) is 2.48. The Kier molecular flexibility index (Phi) is 16.0. The molecule has 3 heterocycles. The van der Waals surface area contributed by atoms with Crippen LogP contribution in [0.15, 0.2) is 42.1 Å². The summed E-state index contributed by atoms with van der Waals surface area (Å²) in [6.45, 7) is 11.7. The van der Waals surface area contributed by atoms with Crippen LogP contribution < -0.4 is 10.1 Å². The van der Waals surface area contributed by atoms with Crippen molar-refractivity contribution in [1.29, 1.82) is 0 Å². The number of methoxy groups -OCH3 is 1. The molecule has 0 amide bonds. The van der Waals surface area contributed by atoms with E-state index in [0.29, 0.717) is 36.0 Å². The Balaban J connectivity index is 1.03. The maximum atomic E-state index is 13.4. The van der Waals surface area contributed by atoms with Crippen molar-refractivity contribution in [3.63, 3.8) is 0 Å². The SMILES string of the molecule is CNCc1cn(C[C@H](C)CCC[C@@H](C)[C@H]2[C@@H](O[C@H]3OC[C@H](O)C(O[C@@H]4OC[C@@H](O)C(O)[C@H]4OC(=O)c4ccc(OC)cc4)[C@H]3OC(C)=O)C[C@H]3[C@@H]4CC=C5C[C@@H](O)CC[C@]5(C)[C@H]4CC[C@]23C)nn1. The van der Waals surface area contributed by atoms with Gasteiger partial charge in [-0.3, -0.25) is 9.48 Å². The number of carbonyl (C=O) groups excluding carboxylic acids is 2. The molecule has 1 aromatic heterocycles. The fraction of sp³-hybridized carbons (Fsp3) is 0.765. The highest BCUT2D eigenvalue weighted by atomic mass is 16.7. The number of nitrogens with zero attached hydrogens (tertiary/aromatic N) is 3. The van der Waals surface area contributed by atoms with E-state index < -0.39 is 61.1 Å². The molecule has 1 aromatic carbocycles. The second-order valence-corrected chi connectivity index (χ2v) is 21.4. The van der Waals surface area contributed by atoms with E-state index in [9.17, 15) is 30.0 Å². The Bertz CT molecular complexity index is 2050. The number of hydrogen-bond acceptors (Lipinski definition) is 16. The standard InChI is InChI=1S/C51H76N4O13/c1-28(24-55-25-33(23-52-6)53-54-55)9-8-10-29(2)42-41(22-38-36-16-13-32-21-34(57)17-19-50(32,4)37(36)18-20-51(38,42)5)66-49-46(65-30(3)56)44(40(59)27-64-49)68-48-45(43(60)39(58)26-63-48)67-47(61)31-11-14-35(62-7)15-12-31/h11-15,25,28-29,34,36-46,48-49,52,57-60H,8-10,16-24,26-27H2,1-7H3/t28-,29-,34+,36-,37+,38+,39-,40+,41+,42+,43?,44?,45-,46-,48+,49-,50+,51+/m1/s1. The maximum absolute atomic E-state index is 13.4. The van der Waals surface area contributed by atoms with Gasteiger partial charge in [0.25, 0.3) is 0 Å². The van der Waals surface area contributed by atoms with Crippen molar-refractivity contribution < 1.29 is 63.2 Å². The summed E-state index contributed by atoms with van der Waals surface area (Å²) in [5.74, 6) is 1.14. The monoisotopic (exact) mass is 953 g/mol. The molecule has 2 saturated heterocycles. The highest BCUT2D eigenvalue weighted by molar-refractivity contribution is 5.89. The van der Waals surface area contributed by atoms with E-state index in [1.165, 1.54) is 31.7 Å². The van der Waals surface area contributed by atoms with Gasteiger partial charge >= 0.3 is 11.9 Å². The molecule has 6 aliphatic rings. The van der Waals surface area contributed by atoms with Crippen LogP contribution in [0, 0.1) is 46.3 Å². The first-order chi connectivity index (χ1) is 32.5. The molecule has 17 nitrogen and oxygen atoms in total. The van der Waals surface area contributed by atoms with E-state index in [0.717, 1.165) is 76.4 Å². The molecule has 2 unspecified atom stereocenters. The molecule has 5 fully saturated rings. The zero-order valence-electron chi connectivity index (χ0n) is 40.9. The van der Waals surface area contributed by atoms with Gasteiger partial charge in [-0.25, -0.2) is 4.79 Å². The number of hydrogen-bond donors (Lipinski definition) is 5. The van der Waals surface area contributed by atoms with Gasteiger partial charge in [0.1, 0.15) is 30.2 Å². The predicted octanol–water partition coefficient (Wildman–Crippen LogP) is 4.72. The van der Waals surface area contributed by atoms with Crippen molar-refractivity contribution in [2.75, 3.05) is 27.4 Å². The van der Waals surface area contributed by atoms with E-state index in [-0.39, 0.29) is 53.7 Å². The van der Waals surface area contributed by atoms with Crippen molar-refractivity contribution in [3.8, 4) is 5.75 Å². The molecular weight excluding hydrogens is 877 g/mol. The van der Waals surface area contributed by atoms with Gasteiger partial charge in [-0.15, -0.1) is 5.10 Å². The summed E-state index contributed by atoms with van der Waals surface area (Å²) in [5, 5.41) is 55.8. The Morgan fingerprint density at radius 3 is 2.38 bits per heavy atom. The molecule has 17 heteroatoms. The van der Waals surface area contributed by atoms with Crippen molar-refractivity contribution in [3.05, 3.63) is 53.4 Å². The molecule has 2 aliphatic heterocycles. The highest BCUT2D eigenvalue weighted by Gasteiger charge is 2.63. The Morgan fingerprint density at radius 2 is 1.66 bits per heavy atom. The molecule has 378 valence electrons. The number of aliphatic hydroxyl groups is 4. The van der Waals surface area contributed by atoms with Gasteiger partial charge in [0.05, 0.1) is 43.8 Å². The van der Waals surface area contributed by atoms with Crippen molar-refractivity contribution in [2.45, 2.75) is 173 Å². The zero-order valence-corrected chi connectivity index (χ0v) is 40.9. The van der Waals surface area contributed by atoms with Crippen molar-refractivity contribution in [2.24, 2.45) is 46.3 Å². The normalized spacial score (nSPS) is 38.8. The van der Waals surface area contributed by atoms with Crippen LogP contribution >= 0.6 is 0 Å². The number of nitrogens with one attached hydrogen (secondary N) is 1. The average Bonchev–Trinajstić information content (AvgIpc) is 3.88. The predicted molar refractivity (Wildman–Crippen MR) is 247 cm³/mol. The molecule has 68 heavy (non-hydrogen) atoms. The van der Waals surface area contributed by atoms with Crippen LogP contribution in [0.25, 0.3) is 0 Å². The van der Waals surface area contributed by atoms with E-state index in [4.69, 9.17) is 33.2 Å². The molecule has 8 rings (SSSR count). The largest absolute Gasteiger partial charge is 0.497 e. The Labute approximate surface area is 400 Å². The molecule has 5 N–H and O–H groups in total. The second-order valence-electron chi connectivity index (χ2n) is 21.4. The highest BCUT2D eigenvalue weighted by Crippen LogP contribution is 2.68. The molecule has 2 aromatic rings. The first-order valence-corrected chi connectivity index (χ1v) is 25.0. The lowest BCUT2D eigenvalue weighted by atomic mass is 9.47. The third-order valence-corrected chi connectivity index (χ3v) is 16.9. The number of benzene rings is 1. The van der Waals surface area contributed by atoms with E-state index >= 15 is 0 Å². The van der Waals surface area contributed by atoms with E-state index in [2.05, 4.69) is 49.4 Å². The van der Waals surface area contributed by atoms with Gasteiger partial charge < -0.3 is 58.9 Å². The van der Waals surface area contributed by atoms with Gasteiger partial charge in [-0.05, 0) is 129 Å². The van der Waals surface area contributed by atoms with Crippen molar-refractivity contribution >= 4 is 11.9 Å². The molecule has 3 saturated carbocycles. The fourth-order valence-corrected chi connectivity index (χ4v) is 13.5. The van der Waals surface area contributed by atoms with Crippen LogP contribution in [0.1, 0.15) is 115 Å². The summed E-state index contributed by atoms with van der Waals surface area (Å²) >= 11 is 0. The number of rotatable bonds is 17. The van der Waals surface area contributed by atoms with Crippen LogP contribution in [0.2, 0.25) is 0 Å². The lowest BCUT2D eigenvalue weighted by Gasteiger charge is -2.58. The lowest BCUT2D eigenvalue weighted by molar-refractivity contribution is -0.340. The van der Waals surface area contributed by atoms with Crippen LogP contribution in [-0.2, 0) is 46.3 Å². The molecule has 0 bridgehead atoms. The zero-order chi connectivity index (χ0) is 48.5. The Morgan fingerprint density at radius 1 is 0.926 bits per heavy atom. The minimum absolute atomic E-state index is 0.0524. The van der Waals surface area contributed by atoms with E-state index in [1.54, 1.807) is 12.1 Å². The molecule has 0 spiro atoms. The minimum atomic E-state index is -1.60. The number of allylic oxidation sites excluding steroid dienone is 1. The summed E-state index contributed by atoms with van der Waals surface area (Å²) in [7, 11) is 3.40. The first kappa shape index (κ1) is 50.9. The van der Waals surface area contributed by atoms with Crippen LogP contribution in [-0.4, -0.2) is 136 Å². The average molecular weight is 953 g/mol. The smallest absolute Gasteiger partial charge is 0.338 e. The molecule has 4 aliphatic carbocycles. The van der Waals surface area contributed by atoms with Crippen LogP contribution in [0.4, 0.5) is 0 Å². The molecule has 18 atom stereocenters. The van der Waals surface area contributed by atoms with Crippen LogP contribution in [0.3, 0.4) is 0 Å². The first-order valence-electron chi connectivity index (χ1n) is 25.0. The lowest BCUT2D eigenvalue weighted by Crippen LogP contribution is -2.62. The van der Waals surface area contributed by atoms with Gasteiger partial charge in [-0.1, -0.05) is 57.4 Å². The van der Waals surface area contributed by atoms with Gasteiger partial charge in [0.15, 0.2) is 24.8 Å². The number of esters is 2. The summed E-state index contributed by atoms with van der Waals surface area (Å²) in [6.07, 6.45) is 2.31. The topological polar surface area (TPSA) is 222 Å². The number of aromatic nitrogens is 3. The third-order valence-electron chi connectivity index (χ3n) is 16.9. The van der Waals surface area contributed by atoms with Gasteiger partial charge in [0.2, 0.25) is 0 Å². The van der Waals surface area contributed by atoms with Crippen molar-refractivity contribution in [1.82, 2.24) is 20.3 Å². The number of ether oxygens (including phenoxy) is 7. The summed E-state index contributed by atoms with van der Waals surface area (Å²) in [4.78, 5) is 26.3. The number of carbonyl (C=O) groups is 2. The number of fused-ring (bicyclic) bond motifs is 5. The fourth-order valence-electron chi connectivity index (χ4n) is 13.5. The second kappa shape index (κ2) is 21.5.